The fourth-order valence-corrected chi connectivity index (χ4v) is 3.71. The lowest BCUT2D eigenvalue weighted by molar-refractivity contribution is 0.121. The van der Waals surface area contributed by atoms with E-state index < -0.39 is 0 Å². The topological polar surface area (TPSA) is 46.2 Å². The summed E-state index contributed by atoms with van der Waals surface area (Å²) in [5, 5.41) is 13.7. The summed E-state index contributed by atoms with van der Waals surface area (Å²) in [6.07, 6.45) is 1.15. The Balaban J connectivity index is 1.68. The normalized spacial score (nSPS) is 22.4. The van der Waals surface area contributed by atoms with Crippen LogP contribution in [0, 0.1) is 10.7 Å². The average molecular weight is 332 g/mol. The van der Waals surface area contributed by atoms with E-state index in [0.717, 1.165) is 19.5 Å². The third-order valence-electron chi connectivity index (χ3n) is 4.82. The van der Waals surface area contributed by atoms with Crippen molar-refractivity contribution >= 4 is 12.2 Å². The number of aliphatic hydroxyl groups excluding tert-OH is 1. The molecule has 1 fully saturated rings. The van der Waals surface area contributed by atoms with E-state index in [0.29, 0.717) is 29.1 Å². The first-order valence-corrected chi connectivity index (χ1v) is 8.52. The van der Waals surface area contributed by atoms with Crippen LogP contribution in [0.15, 0.2) is 30.3 Å². The maximum atomic E-state index is 9.31. The molecule has 1 aromatic carbocycles. The number of piperidine rings is 1. The third-order valence-corrected chi connectivity index (χ3v) is 5.31. The first-order valence-electron chi connectivity index (χ1n) is 8.11. The van der Waals surface area contributed by atoms with Gasteiger partial charge in [0.25, 0.3) is 0 Å². The lowest BCUT2D eigenvalue weighted by atomic mass is 9.82. The molecule has 2 aromatic rings. The minimum atomic E-state index is -0.0837. The van der Waals surface area contributed by atoms with E-state index in [1.165, 1.54) is 5.56 Å². The highest BCUT2D eigenvalue weighted by Gasteiger charge is 2.27. The Morgan fingerprint density at radius 2 is 2.04 bits per heavy atom. The van der Waals surface area contributed by atoms with Gasteiger partial charge in [0.1, 0.15) is 6.61 Å². The van der Waals surface area contributed by atoms with Crippen molar-refractivity contribution in [2.75, 3.05) is 13.1 Å². The Labute approximate surface area is 142 Å². The molecule has 5 nitrogen and oxygen atoms in total. The van der Waals surface area contributed by atoms with Gasteiger partial charge in [-0.3, -0.25) is 4.90 Å². The number of rotatable bonds is 4. The Bertz CT molecular complexity index is 709. The van der Waals surface area contributed by atoms with E-state index >= 15 is 0 Å². The number of benzene rings is 1. The summed E-state index contributed by atoms with van der Waals surface area (Å²) in [5.74, 6) is 1.83. The molecular formula is C17H24N4OS. The molecule has 0 saturated carbocycles. The first-order chi connectivity index (χ1) is 11.1. The van der Waals surface area contributed by atoms with Crippen molar-refractivity contribution in [2.24, 2.45) is 13.0 Å². The fourth-order valence-electron chi connectivity index (χ4n) is 3.51. The van der Waals surface area contributed by atoms with Gasteiger partial charge in [0.05, 0.1) is 6.67 Å². The van der Waals surface area contributed by atoms with Crippen LogP contribution in [-0.4, -0.2) is 37.4 Å². The van der Waals surface area contributed by atoms with Crippen LogP contribution in [0.1, 0.15) is 30.7 Å². The molecule has 2 heterocycles. The minimum absolute atomic E-state index is 0.0837. The molecule has 1 aliphatic rings. The molecule has 124 valence electrons. The van der Waals surface area contributed by atoms with Gasteiger partial charge < -0.3 is 9.67 Å². The quantitative estimate of drug-likeness (QED) is 0.874. The van der Waals surface area contributed by atoms with Crippen molar-refractivity contribution < 1.29 is 5.11 Å². The molecule has 1 aliphatic heterocycles. The zero-order chi connectivity index (χ0) is 16.4. The smallest absolute Gasteiger partial charge is 0.198 e. The molecule has 6 heteroatoms. The van der Waals surface area contributed by atoms with E-state index in [4.69, 9.17) is 12.2 Å². The Morgan fingerprint density at radius 1 is 1.30 bits per heavy atom. The largest absolute Gasteiger partial charge is 0.388 e. The second-order valence-corrected chi connectivity index (χ2v) is 6.78. The standard InChI is InChI=1S/C17H24N4OS/c1-13-10-20(9-8-15(13)14-6-4-3-5-7-14)12-21-17(23)19(2)16(11-22)18-21/h3-7,13,15,22H,8-12H2,1-2H3. The van der Waals surface area contributed by atoms with Gasteiger partial charge in [-0.15, -0.1) is 0 Å². The van der Waals surface area contributed by atoms with Crippen LogP contribution in [0.5, 0.6) is 0 Å². The average Bonchev–Trinajstić information content (AvgIpc) is 2.84. The van der Waals surface area contributed by atoms with Crippen molar-refractivity contribution in [1.29, 1.82) is 0 Å². The maximum Gasteiger partial charge on any atom is 0.198 e. The van der Waals surface area contributed by atoms with E-state index in [9.17, 15) is 5.11 Å². The third kappa shape index (κ3) is 3.39. The summed E-state index contributed by atoms with van der Waals surface area (Å²) in [6.45, 7) is 5.00. The fraction of sp³-hybridized carbons (Fsp3) is 0.529. The van der Waals surface area contributed by atoms with E-state index in [1.54, 1.807) is 4.57 Å². The van der Waals surface area contributed by atoms with E-state index in [2.05, 4.69) is 47.3 Å². The van der Waals surface area contributed by atoms with E-state index in [1.807, 2.05) is 11.7 Å². The van der Waals surface area contributed by atoms with Crippen molar-refractivity contribution in [3.8, 4) is 0 Å². The summed E-state index contributed by atoms with van der Waals surface area (Å²) in [4.78, 5) is 2.40. The summed E-state index contributed by atoms with van der Waals surface area (Å²) in [7, 11) is 1.85. The lowest BCUT2D eigenvalue weighted by Gasteiger charge is -2.37. The van der Waals surface area contributed by atoms with Crippen LogP contribution in [0.4, 0.5) is 0 Å². The van der Waals surface area contributed by atoms with Gasteiger partial charge in [-0.25, -0.2) is 4.68 Å². The van der Waals surface area contributed by atoms with Gasteiger partial charge in [-0.05, 0) is 36.0 Å². The Kier molecular flexibility index (Phi) is 4.94. The van der Waals surface area contributed by atoms with Crippen LogP contribution in [0.3, 0.4) is 0 Å². The van der Waals surface area contributed by atoms with Crippen molar-refractivity contribution in [3.05, 3.63) is 46.5 Å². The van der Waals surface area contributed by atoms with Crippen LogP contribution in [0.25, 0.3) is 0 Å². The molecule has 2 atom stereocenters. The molecule has 0 bridgehead atoms. The van der Waals surface area contributed by atoms with Crippen molar-refractivity contribution in [2.45, 2.75) is 32.5 Å². The number of hydrogen-bond acceptors (Lipinski definition) is 4. The molecule has 1 aromatic heterocycles. The highest BCUT2D eigenvalue weighted by atomic mass is 32.1. The SMILES string of the molecule is CC1CN(Cn2nc(CO)n(C)c2=S)CCC1c1ccccc1. The zero-order valence-corrected chi connectivity index (χ0v) is 14.5. The van der Waals surface area contributed by atoms with E-state index in [-0.39, 0.29) is 6.61 Å². The molecule has 0 radical (unpaired) electrons. The molecule has 2 unspecified atom stereocenters. The number of aromatic nitrogens is 3. The highest BCUT2D eigenvalue weighted by Crippen LogP contribution is 2.32. The van der Waals surface area contributed by atoms with Gasteiger partial charge in [0.15, 0.2) is 10.6 Å². The van der Waals surface area contributed by atoms with Crippen molar-refractivity contribution in [1.82, 2.24) is 19.2 Å². The number of nitrogens with zero attached hydrogens (tertiary/aromatic N) is 4. The van der Waals surface area contributed by atoms with Crippen LogP contribution >= 0.6 is 12.2 Å². The Morgan fingerprint density at radius 3 is 2.65 bits per heavy atom. The molecule has 3 rings (SSSR count). The molecule has 0 amide bonds. The summed E-state index contributed by atoms with van der Waals surface area (Å²) >= 11 is 5.40. The number of hydrogen-bond donors (Lipinski definition) is 1. The second-order valence-electron chi connectivity index (χ2n) is 6.42. The predicted octanol–water partition coefficient (Wildman–Crippen LogP) is 2.53. The molecule has 1 N–H and O–H groups in total. The maximum absolute atomic E-state index is 9.31. The van der Waals surface area contributed by atoms with Gasteiger partial charge in [-0.1, -0.05) is 37.3 Å². The molecule has 0 spiro atoms. The monoisotopic (exact) mass is 332 g/mol. The molecular weight excluding hydrogens is 308 g/mol. The van der Waals surface area contributed by atoms with Crippen molar-refractivity contribution in [3.63, 3.8) is 0 Å². The van der Waals surface area contributed by atoms with Gasteiger partial charge in [0.2, 0.25) is 0 Å². The Hall–Kier alpha value is -1.50. The van der Waals surface area contributed by atoms with Gasteiger partial charge in [0, 0.05) is 20.1 Å². The second kappa shape index (κ2) is 6.95. The molecule has 0 aliphatic carbocycles. The van der Waals surface area contributed by atoms with Gasteiger partial charge in [-0.2, -0.15) is 5.10 Å². The molecule has 1 saturated heterocycles. The van der Waals surface area contributed by atoms with Gasteiger partial charge >= 0.3 is 0 Å². The first kappa shape index (κ1) is 16.4. The summed E-state index contributed by atoms with van der Waals surface area (Å²) in [6, 6.07) is 10.8. The van der Waals surface area contributed by atoms with Crippen LogP contribution in [0.2, 0.25) is 0 Å². The highest BCUT2D eigenvalue weighted by molar-refractivity contribution is 7.71. The van der Waals surface area contributed by atoms with Crippen LogP contribution in [-0.2, 0) is 20.3 Å². The summed E-state index contributed by atoms with van der Waals surface area (Å²) < 4.78 is 4.25. The number of aliphatic hydroxyl groups is 1. The number of likely N-dealkylation sites (tertiary alicyclic amines) is 1. The lowest BCUT2D eigenvalue weighted by Crippen LogP contribution is -2.39. The predicted molar refractivity (Wildman–Crippen MR) is 92.5 cm³/mol. The zero-order valence-electron chi connectivity index (χ0n) is 13.7. The summed E-state index contributed by atoms with van der Waals surface area (Å²) in [5.41, 5.74) is 1.44. The van der Waals surface area contributed by atoms with Crippen LogP contribution < -0.4 is 0 Å². The molecule has 23 heavy (non-hydrogen) atoms. The minimum Gasteiger partial charge on any atom is -0.388 e.